The van der Waals surface area contributed by atoms with Gasteiger partial charge < -0.3 is 10.0 Å². The monoisotopic (exact) mass is 331 g/mol. The van der Waals surface area contributed by atoms with E-state index in [9.17, 15) is 9.59 Å². The van der Waals surface area contributed by atoms with Crippen LogP contribution in [0.2, 0.25) is 0 Å². The van der Waals surface area contributed by atoms with E-state index in [1.807, 2.05) is 6.92 Å². The van der Waals surface area contributed by atoms with E-state index in [0.29, 0.717) is 0 Å². The molecule has 1 atom stereocenters. The largest absolute Gasteiger partial charge is 0.477 e. The van der Waals surface area contributed by atoms with Crippen LogP contribution in [-0.4, -0.2) is 38.9 Å². The summed E-state index contributed by atoms with van der Waals surface area (Å²) in [4.78, 5) is 35.0. The Morgan fingerprint density at radius 2 is 2.04 bits per heavy atom. The molecule has 1 aliphatic rings. The van der Waals surface area contributed by atoms with Gasteiger partial charge in [-0.2, -0.15) is 0 Å². The molecule has 1 amide bonds. The van der Waals surface area contributed by atoms with Crippen LogP contribution in [0, 0.1) is 6.92 Å². The first kappa shape index (κ1) is 15.6. The van der Waals surface area contributed by atoms with Crippen molar-refractivity contribution in [1.82, 2.24) is 14.9 Å². The number of aromatic nitrogens is 2. The summed E-state index contributed by atoms with van der Waals surface area (Å²) in [5.74, 6) is -1.41. The van der Waals surface area contributed by atoms with Crippen molar-refractivity contribution in [3.8, 4) is 0 Å². The summed E-state index contributed by atoms with van der Waals surface area (Å²) in [6.45, 7) is 1.97. The number of aryl methyl sites for hydroxylation is 2. The van der Waals surface area contributed by atoms with Crippen LogP contribution >= 0.6 is 11.3 Å². The molecular weight excluding hydrogens is 314 g/mol. The lowest BCUT2D eigenvalue weighted by Crippen LogP contribution is -2.33. The minimum atomic E-state index is -1.14. The zero-order chi connectivity index (χ0) is 16.6. The lowest BCUT2D eigenvalue weighted by molar-refractivity contribution is 0.0688. The lowest BCUT2D eigenvalue weighted by atomic mass is 9.97. The number of hydrogen-bond acceptors (Lipinski definition) is 5. The highest BCUT2D eigenvalue weighted by atomic mass is 32.1. The van der Waals surface area contributed by atoms with E-state index in [-0.39, 0.29) is 23.3 Å². The van der Waals surface area contributed by atoms with E-state index in [2.05, 4.69) is 9.97 Å². The Balaban J connectivity index is 1.89. The van der Waals surface area contributed by atoms with E-state index in [1.165, 1.54) is 6.07 Å². The molecule has 0 aliphatic heterocycles. The molecule has 120 valence electrons. The fourth-order valence-corrected chi connectivity index (χ4v) is 4.04. The standard InChI is InChI=1S/C16H17N3O3S/c1-9-17-10-5-4-8-13(14(10)23-9)19(2)15(20)11-6-3-7-12(18-11)16(21)22/h3,6-7,13H,4-5,8H2,1-2H3,(H,21,22). The van der Waals surface area contributed by atoms with Crippen LogP contribution in [0.25, 0.3) is 0 Å². The summed E-state index contributed by atoms with van der Waals surface area (Å²) < 4.78 is 0. The summed E-state index contributed by atoms with van der Waals surface area (Å²) in [6, 6.07) is 4.45. The molecule has 0 radical (unpaired) electrons. The van der Waals surface area contributed by atoms with Gasteiger partial charge in [0.05, 0.1) is 21.6 Å². The SMILES string of the molecule is Cc1nc2c(s1)C(N(C)C(=O)c1cccc(C(=O)O)n1)CCC2. The van der Waals surface area contributed by atoms with Crippen molar-refractivity contribution < 1.29 is 14.7 Å². The number of aromatic carboxylic acids is 1. The molecule has 2 aromatic heterocycles. The van der Waals surface area contributed by atoms with E-state index < -0.39 is 5.97 Å². The summed E-state index contributed by atoms with van der Waals surface area (Å²) in [6.07, 6.45) is 2.82. The van der Waals surface area contributed by atoms with Crippen molar-refractivity contribution in [1.29, 1.82) is 0 Å². The van der Waals surface area contributed by atoms with Gasteiger partial charge in [-0.3, -0.25) is 4.79 Å². The first-order valence-electron chi connectivity index (χ1n) is 7.41. The van der Waals surface area contributed by atoms with E-state index in [4.69, 9.17) is 5.11 Å². The molecule has 2 aromatic rings. The third kappa shape index (κ3) is 2.96. The zero-order valence-electron chi connectivity index (χ0n) is 12.9. The molecule has 23 heavy (non-hydrogen) atoms. The van der Waals surface area contributed by atoms with Crippen LogP contribution in [0.4, 0.5) is 0 Å². The van der Waals surface area contributed by atoms with Crippen LogP contribution in [0.3, 0.4) is 0 Å². The Bertz CT molecular complexity index is 772. The first-order chi connectivity index (χ1) is 11.0. The Morgan fingerprint density at radius 1 is 1.30 bits per heavy atom. The van der Waals surface area contributed by atoms with Gasteiger partial charge in [0.25, 0.3) is 5.91 Å². The van der Waals surface area contributed by atoms with E-state index >= 15 is 0 Å². The average molecular weight is 331 g/mol. The normalized spacial score (nSPS) is 16.7. The Labute approximate surface area is 137 Å². The second kappa shape index (κ2) is 6.08. The van der Waals surface area contributed by atoms with Crippen molar-refractivity contribution in [3.63, 3.8) is 0 Å². The summed E-state index contributed by atoms with van der Waals surface area (Å²) in [5.41, 5.74) is 1.11. The average Bonchev–Trinajstić information content (AvgIpc) is 2.93. The number of carbonyl (C=O) groups excluding carboxylic acids is 1. The van der Waals surface area contributed by atoms with Crippen LogP contribution in [-0.2, 0) is 6.42 Å². The maximum Gasteiger partial charge on any atom is 0.354 e. The molecular formula is C16H17N3O3S. The van der Waals surface area contributed by atoms with Gasteiger partial charge in [-0.15, -0.1) is 11.3 Å². The van der Waals surface area contributed by atoms with Crippen LogP contribution in [0.15, 0.2) is 18.2 Å². The fraction of sp³-hybridized carbons (Fsp3) is 0.375. The van der Waals surface area contributed by atoms with Gasteiger partial charge >= 0.3 is 5.97 Å². The topological polar surface area (TPSA) is 83.4 Å². The fourth-order valence-electron chi connectivity index (χ4n) is 2.88. The number of fused-ring (bicyclic) bond motifs is 1. The van der Waals surface area contributed by atoms with E-state index in [0.717, 1.165) is 34.8 Å². The van der Waals surface area contributed by atoms with Gasteiger partial charge in [0.1, 0.15) is 11.4 Å². The first-order valence-corrected chi connectivity index (χ1v) is 8.22. The number of nitrogens with zero attached hydrogens (tertiary/aromatic N) is 3. The molecule has 0 fully saturated rings. The summed E-state index contributed by atoms with van der Waals surface area (Å²) >= 11 is 1.63. The summed E-state index contributed by atoms with van der Waals surface area (Å²) in [5, 5.41) is 10.0. The number of carbonyl (C=O) groups is 2. The highest BCUT2D eigenvalue weighted by Gasteiger charge is 2.30. The van der Waals surface area contributed by atoms with Crippen molar-refractivity contribution in [2.75, 3.05) is 7.05 Å². The quantitative estimate of drug-likeness (QED) is 0.935. The van der Waals surface area contributed by atoms with E-state index in [1.54, 1.807) is 35.4 Å². The van der Waals surface area contributed by atoms with Gasteiger partial charge in [0.2, 0.25) is 0 Å². The molecule has 1 unspecified atom stereocenters. The molecule has 0 saturated carbocycles. The van der Waals surface area contributed by atoms with Gasteiger partial charge in [-0.1, -0.05) is 6.07 Å². The molecule has 6 nitrogen and oxygen atoms in total. The highest BCUT2D eigenvalue weighted by Crippen LogP contribution is 2.37. The molecule has 1 N–H and O–H groups in total. The van der Waals surface area contributed by atoms with Gasteiger partial charge in [0, 0.05) is 7.05 Å². The molecule has 3 rings (SSSR count). The molecule has 0 bridgehead atoms. The van der Waals surface area contributed by atoms with Crippen molar-refractivity contribution in [2.45, 2.75) is 32.2 Å². The third-order valence-corrected chi connectivity index (χ3v) is 5.12. The van der Waals surface area contributed by atoms with Crippen LogP contribution in [0.5, 0.6) is 0 Å². The number of amides is 1. The second-order valence-electron chi connectivity index (χ2n) is 5.58. The molecule has 1 aliphatic carbocycles. The predicted octanol–water partition coefficient (Wildman–Crippen LogP) is 2.69. The Hall–Kier alpha value is -2.28. The number of pyridine rings is 1. The lowest BCUT2D eigenvalue weighted by Gasteiger charge is -2.30. The number of thiazole rings is 1. The van der Waals surface area contributed by atoms with Crippen LogP contribution < -0.4 is 0 Å². The number of carboxylic acid groups (broad SMARTS) is 1. The maximum absolute atomic E-state index is 12.7. The Morgan fingerprint density at radius 3 is 2.78 bits per heavy atom. The number of hydrogen-bond donors (Lipinski definition) is 1. The predicted molar refractivity (Wildman–Crippen MR) is 85.8 cm³/mol. The molecule has 2 heterocycles. The van der Waals surface area contributed by atoms with Gasteiger partial charge in [0.15, 0.2) is 0 Å². The minimum absolute atomic E-state index is 0.0206. The van der Waals surface area contributed by atoms with Gasteiger partial charge in [-0.05, 0) is 38.3 Å². The third-order valence-electron chi connectivity index (χ3n) is 4.00. The van der Waals surface area contributed by atoms with Gasteiger partial charge in [-0.25, -0.2) is 14.8 Å². The minimum Gasteiger partial charge on any atom is -0.477 e. The van der Waals surface area contributed by atoms with Crippen molar-refractivity contribution in [2.24, 2.45) is 0 Å². The summed E-state index contributed by atoms with van der Waals surface area (Å²) in [7, 11) is 1.74. The number of carboxylic acids is 1. The molecule has 0 aromatic carbocycles. The van der Waals surface area contributed by atoms with Crippen LogP contribution in [0.1, 0.15) is 55.4 Å². The maximum atomic E-state index is 12.7. The molecule has 0 saturated heterocycles. The Kier molecular flexibility index (Phi) is 4.12. The smallest absolute Gasteiger partial charge is 0.354 e. The van der Waals surface area contributed by atoms with Crippen molar-refractivity contribution >= 4 is 23.2 Å². The number of rotatable bonds is 3. The zero-order valence-corrected chi connectivity index (χ0v) is 13.8. The molecule has 0 spiro atoms. The van der Waals surface area contributed by atoms with Crippen molar-refractivity contribution in [3.05, 3.63) is 45.2 Å². The highest BCUT2D eigenvalue weighted by molar-refractivity contribution is 7.11. The second-order valence-corrected chi connectivity index (χ2v) is 6.82. The molecule has 7 heteroatoms.